The predicted molar refractivity (Wildman–Crippen MR) is 104 cm³/mol. The number of hydrogen-bond donors (Lipinski definition) is 1. The number of likely N-dealkylation sites (tertiary alicyclic amines) is 1. The third-order valence-corrected chi connectivity index (χ3v) is 5.30. The lowest BCUT2D eigenvalue weighted by molar-refractivity contribution is -0.120. The molecule has 2 aliphatic rings. The van der Waals surface area contributed by atoms with Gasteiger partial charge in [0.2, 0.25) is 0 Å². The van der Waals surface area contributed by atoms with Gasteiger partial charge in [-0.15, -0.1) is 0 Å². The number of rotatable bonds is 4. The molecule has 2 aromatic rings. The van der Waals surface area contributed by atoms with E-state index in [0.29, 0.717) is 30.0 Å². The SMILES string of the molecule is O=C1C(c2ccc(F)cc2)=C(N2CCCC(CO)C2)C(=O)N1c1ccccc1. The molecule has 28 heavy (non-hydrogen) atoms. The van der Waals surface area contributed by atoms with Crippen LogP contribution in [0.4, 0.5) is 10.1 Å². The van der Waals surface area contributed by atoms with E-state index < -0.39 is 11.7 Å². The highest BCUT2D eigenvalue weighted by molar-refractivity contribution is 6.45. The van der Waals surface area contributed by atoms with E-state index in [2.05, 4.69) is 0 Å². The highest BCUT2D eigenvalue weighted by atomic mass is 19.1. The van der Waals surface area contributed by atoms with Crippen LogP contribution in [-0.4, -0.2) is 41.5 Å². The van der Waals surface area contributed by atoms with Gasteiger partial charge in [0.25, 0.3) is 11.8 Å². The van der Waals surface area contributed by atoms with Crippen LogP contribution >= 0.6 is 0 Å². The van der Waals surface area contributed by atoms with Crippen molar-refractivity contribution in [3.63, 3.8) is 0 Å². The van der Waals surface area contributed by atoms with Gasteiger partial charge in [0.1, 0.15) is 11.5 Å². The number of halogens is 1. The van der Waals surface area contributed by atoms with Crippen molar-refractivity contribution in [3.8, 4) is 0 Å². The van der Waals surface area contributed by atoms with Crippen molar-refractivity contribution in [2.45, 2.75) is 12.8 Å². The molecule has 2 amide bonds. The Bertz CT molecular complexity index is 925. The van der Waals surface area contributed by atoms with Gasteiger partial charge >= 0.3 is 0 Å². The molecule has 2 aromatic carbocycles. The highest BCUT2D eigenvalue weighted by Crippen LogP contribution is 2.36. The molecule has 1 N–H and O–H groups in total. The fourth-order valence-corrected chi connectivity index (χ4v) is 3.92. The first kappa shape index (κ1) is 18.4. The Hall–Kier alpha value is -2.99. The van der Waals surface area contributed by atoms with E-state index in [9.17, 15) is 19.1 Å². The molecule has 1 atom stereocenters. The Labute approximate surface area is 162 Å². The molecule has 6 heteroatoms. The molecule has 0 bridgehead atoms. The molecule has 2 aliphatic heterocycles. The zero-order valence-electron chi connectivity index (χ0n) is 15.3. The second kappa shape index (κ2) is 7.56. The molecule has 5 nitrogen and oxygen atoms in total. The monoisotopic (exact) mass is 380 g/mol. The summed E-state index contributed by atoms with van der Waals surface area (Å²) in [5.41, 5.74) is 1.63. The predicted octanol–water partition coefficient (Wildman–Crippen LogP) is 2.81. The lowest BCUT2D eigenvalue weighted by Gasteiger charge is -2.34. The van der Waals surface area contributed by atoms with E-state index in [0.717, 1.165) is 12.8 Å². The summed E-state index contributed by atoms with van der Waals surface area (Å²) in [5, 5.41) is 9.57. The maximum absolute atomic E-state index is 13.4. The van der Waals surface area contributed by atoms with E-state index in [-0.39, 0.29) is 24.0 Å². The summed E-state index contributed by atoms with van der Waals surface area (Å²) in [6.45, 7) is 1.19. The molecule has 1 fully saturated rings. The third kappa shape index (κ3) is 3.20. The van der Waals surface area contributed by atoms with Crippen molar-refractivity contribution in [2.75, 3.05) is 24.6 Å². The zero-order valence-corrected chi connectivity index (χ0v) is 15.3. The number of carbonyl (C=O) groups is 2. The standard InChI is InChI=1S/C22H21FN2O3/c23-17-10-8-16(9-11-17)19-20(24-12-4-5-15(13-24)14-26)22(28)25(21(19)27)18-6-2-1-3-7-18/h1-3,6-11,15,26H,4-5,12-14H2. The quantitative estimate of drug-likeness (QED) is 0.829. The Kier molecular flexibility index (Phi) is 4.96. The number of para-hydroxylation sites is 1. The molecule has 0 aliphatic carbocycles. The Morgan fingerprint density at radius 2 is 1.71 bits per heavy atom. The summed E-state index contributed by atoms with van der Waals surface area (Å²) in [6.07, 6.45) is 1.72. The van der Waals surface area contributed by atoms with Gasteiger partial charge in [0, 0.05) is 19.7 Å². The summed E-state index contributed by atoms with van der Waals surface area (Å²) >= 11 is 0. The minimum absolute atomic E-state index is 0.0419. The van der Waals surface area contributed by atoms with Gasteiger partial charge in [0.15, 0.2) is 0 Å². The van der Waals surface area contributed by atoms with E-state index in [4.69, 9.17) is 0 Å². The first-order valence-electron chi connectivity index (χ1n) is 9.40. The normalized spacial score (nSPS) is 20.3. The van der Waals surface area contributed by atoms with Crippen LogP contribution in [0.5, 0.6) is 0 Å². The largest absolute Gasteiger partial charge is 0.396 e. The van der Waals surface area contributed by atoms with E-state index in [1.165, 1.54) is 29.2 Å². The van der Waals surface area contributed by atoms with Gasteiger partial charge in [-0.1, -0.05) is 30.3 Å². The second-order valence-corrected chi connectivity index (χ2v) is 7.15. The summed E-state index contributed by atoms with van der Waals surface area (Å²) in [6, 6.07) is 14.4. The lowest BCUT2D eigenvalue weighted by Crippen LogP contribution is -2.40. The number of aliphatic hydroxyl groups is 1. The lowest BCUT2D eigenvalue weighted by atomic mass is 9.97. The van der Waals surface area contributed by atoms with Crippen molar-refractivity contribution in [1.29, 1.82) is 0 Å². The average molecular weight is 380 g/mol. The molecule has 144 valence electrons. The van der Waals surface area contributed by atoms with Crippen LogP contribution < -0.4 is 4.90 Å². The van der Waals surface area contributed by atoms with Crippen molar-refractivity contribution < 1.29 is 19.1 Å². The molecular formula is C22H21FN2O3. The highest BCUT2D eigenvalue weighted by Gasteiger charge is 2.43. The summed E-state index contributed by atoms with van der Waals surface area (Å²) < 4.78 is 13.4. The fraction of sp³-hybridized carbons (Fsp3) is 0.273. The van der Waals surface area contributed by atoms with Crippen LogP contribution in [0, 0.1) is 11.7 Å². The molecule has 2 heterocycles. The maximum atomic E-state index is 13.4. The molecule has 0 spiro atoms. The summed E-state index contributed by atoms with van der Waals surface area (Å²) in [5.74, 6) is -1.14. The van der Waals surface area contributed by atoms with Crippen LogP contribution in [0.3, 0.4) is 0 Å². The van der Waals surface area contributed by atoms with Gasteiger partial charge in [-0.3, -0.25) is 9.59 Å². The number of anilines is 1. The number of imide groups is 1. The molecule has 1 saturated heterocycles. The number of piperidine rings is 1. The molecule has 0 aromatic heterocycles. The van der Waals surface area contributed by atoms with Crippen molar-refractivity contribution in [1.82, 2.24) is 4.90 Å². The molecule has 0 radical (unpaired) electrons. The number of benzene rings is 2. The number of hydrogen-bond acceptors (Lipinski definition) is 4. The van der Waals surface area contributed by atoms with Crippen molar-refractivity contribution in [3.05, 3.63) is 71.7 Å². The smallest absolute Gasteiger partial charge is 0.282 e. The van der Waals surface area contributed by atoms with E-state index in [1.807, 2.05) is 11.0 Å². The average Bonchev–Trinajstić information content (AvgIpc) is 2.99. The Balaban J connectivity index is 1.81. The van der Waals surface area contributed by atoms with Crippen LogP contribution in [0.1, 0.15) is 18.4 Å². The van der Waals surface area contributed by atoms with E-state index in [1.54, 1.807) is 24.3 Å². The third-order valence-electron chi connectivity index (χ3n) is 5.30. The van der Waals surface area contributed by atoms with E-state index >= 15 is 0 Å². The first-order chi connectivity index (χ1) is 13.6. The molecule has 1 unspecified atom stereocenters. The Morgan fingerprint density at radius 1 is 1.00 bits per heavy atom. The van der Waals surface area contributed by atoms with Gasteiger partial charge in [-0.2, -0.15) is 0 Å². The maximum Gasteiger partial charge on any atom is 0.282 e. The molecular weight excluding hydrogens is 359 g/mol. The van der Waals surface area contributed by atoms with Gasteiger partial charge in [-0.05, 0) is 48.6 Å². The van der Waals surface area contributed by atoms with Gasteiger partial charge < -0.3 is 10.0 Å². The number of aliphatic hydroxyl groups excluding tert-OH is 1. The topological polar surface area (TPSA) is 60.9 Å². The van der Waals surface area contributed by atoms with Crippen LogP contribution in [0.25, 0.3) is 5.57 Å². The van der Waals surface area contributed by atoms with Gasteiger partial charge in [-0.25, -0.2) is 9.29 Å². The first-order valence-corrected chi connectivity index (χ1v) is 9.40. The molecule has 4 rings (SSSR count). The molecule has 0 saturated carbocycles. The fourth-order valence-electron chi connectivity index (χ4n) is 3.92. The van der Waals surface area contributed by atoms with Gasteiger partial charge in [0.05, 0.1) is 11.3 Å². The number of carbonyl (C=O) groups excluding carboxylic acids is 2. The zero-order chi connectivity index (χ0) is 19.7. The van der Waals surface area contributed by atoms with Crippen LogP contribution in [-0.2, 0) is 9.59 Å². The minimum atomic E-state index is -0.413. The van der Waals surface area contributed by atoms with Crippen molar-refractivity contribution in [2.24, 2.45) is 5.92 Å². The number of amides is 2. The summed E-state index contributed by atoms with van der Waals surface area (Å²) in [4.78, 5) is 29.7. The summed E-state index contributed by atoms with van der Waals surface area (Å²) in [7, 11) is 0. The van der Waals surface area contributed by atoms with Crippen LogP contribution in [0.15, 0.2) is 60.3 Å². The minimum Gasteiger partial charge on any atom is -0.396 e. The Morgan fingerprint density at radius 3 is 2.39 bits per heavy atom. The van der Waals surface area contributed by atoms with Crippen LogP contribution in [0.2, 0.25) is 0 Å². The number of nitrogens with zero attached hydrogens (tertiary/aromatic N) is 2. The van der Waals surface area contributed by atoms with Crippen molar-refractivity contribution >= 4 is 23.1 Å². The second-order valence-electron chi connectivity index (χ2n) is 7.15.